The minimum absolute atomic E-state index is 0.112. The molecule has 3 rings (SSSR count). The highest BCUT2D eigenvalue weighted by Gasteiger charge is 2.12. The molecule has 0 atom stereocenters. The molecule has 0 saturated heterocycles. The average molecular weight is 281 g/mol. The van der Waals surface area contributed by atoms with Crippen molar-refractivity contribution in [3.8, 4) is 0 Å². The maximum atomic E-state index is 13.3. The second-order valence-corrected chi connectivity index (χ2v) is 4.59. The van der Waals surface area contributed by atoms with Crippen molar-refractivity contribution in [3.05, 3.63) is 66.2 Å². The monoisotopic (exact) mass is 281 g/mol. The van der Waals surface area contributed by atoms with Crippen LogP contribution in [0.1, 0.15) is 10.4 Å². The summed E-state index contributed by atoms with van der Waals surface area (Å²) in [4.78, 5) is 16.3. The maximum absolute atomic E-state index is 13.3. The lowest BCUT2D eigenvalue weighted by Crippen LogP contribution is -2.14. The lowest BCUT2D eigenvalue weighted by Gasteiger charge is -2.10. The predicted molar refractivity (Wildman–Crippen MR) is 80.5 cm³/mol. The zero-order chi connectivity index (χ0) is 14.8. The van der Waals surface area contributed by atoms with E-state index in [0.717, 1.165) is 16.8 Å². The Balaban J connectivity index is 1.99. The van der Waals surface area contributed by atoms with Gasteiger partial charge in [0.15, 0.2) is 0 Å². The van der Waals surface area contributed by atoms with E-state index in [2.05, 4.69) is 10.3 Å². The molecule has 3 N–H and O–H groups in total. The van der Waals surface area contributed by atoms with Crippen LogP contribution in [0, 0.1) is 5.82 Å². The van der Waals surface area contributed by atoms with Crippen LogP contribution in [-0.2, 0) is 0 Å². The molecule has 21 heavy (non-hydrogen) atoms. The fourth-order valence-electron chi connectivity index (χ4n) is 2.15. The van der Waals surface area contributed by atoms with Crippen molar-refractivity contribution in [3.63, 3.8) is 0 Å². The first-order valence-electron chi connectivity index (χ1n) is 6.34. The summed E-state index contributed by atoms with van der Waals surface area (Å²) in [5.74, 6) is -0.951. The second kappa shape index (κ2) is 5.20. The Morgan fingerprint density at radius 1 is 1.19 bits per heavy atom. The van der Waals surface area contributed by atoms with Gasteiger partial charge in [-0.1, -0.05) is 12.1 Å². The Kier molecular flexibility index (Phi) is 3.23. The molecule has 1 aromatic heterocycles. The predicted octanol–water partition coefficient (Wildman–Crippen LogP) is 3.21. The molecule has 0 unspecified atom stereocenters. The Labute approximate surface area is 120 Å². The number of nitrogens with one attached hydrogen (secondary N) is 1. The fourth-order valence-corrected chi connectivity index (χ4v) is 2.15. The molecule has 4 nitrogen and oxygen atoms in total. The topological polar surface area (TPSA) is 68.0 Å². The van der Waals surface area contributed by atoms with Crippen LogP contribution in [-0.4, -0.2) is 10.9 Å². The standard InChI is InChI=1S/C16H12FN3O/c17-11-4-5-14(18)13(8-11)16(21)20-15-3-1-2-10-9-19-7-6-12(10)15/h1-9H,18H2,(H,20,21). The molecule has 3 aromatic rings. The molecular formula is C16H12FN3O. The van der Waals surface area contributed by atoms with Crippen molar-refractivity contribution in [2.45, 2.75) is 0 Å². The van der Waals surface area contributed by atoms with Gasteiger partial charge in [-0.25, -0.2) is 4.39 Å². The van der Waals surface area contributed by atoms with Gasteiger partial charge in [0.25, 0.3) is 5.91 Å². The Morgan fingerprint density at radius 3 is 2.90 bits per heavy atom. The summed E-state index contributed by atoms with van der Waals surface area (Å²) in [6.45, 7) is 0. The first kappa shape index (κ1) is 13.1. The van der Waals surface area contributed by atoms with Crippen molar-refractivity contribution in [2.24, 2.45) is 0 Å². The van der Waals surface area contributed by atoms with Crippen LogP contribution in [0.3, 0.4) is 0 Å². The van der Waals surface area contributed by atoms with Crippen molar-refractivity contribution >= 4 is 28.1 Å². The van der Waals surface area contributed by atoms with Crippen molar-refractivity contribution in [2.75, 3.05) is 11.1 Å². The number of halogens is 1. The van der Waals surface area contributed by atoms with E-state index in [1.807, 2.05) is 12.1 Å². The summed E-state index contributed by atoms with van der Waals surface area (Å²) < 4.78 is 13.3. The number of nitrogens with two attached hydrogens (primary N) is 1. The normalized spacial score (nSPS) is 10.5. The summed E-state index contributed by atoms with van der Waals surface area (Å²) in [5.41, 5.74) is 6.69. The molecule has 0 spiro atoms. The largest absolute Gasteiger partial charge is 0.398 e. The molecule has 104 valence electrons. The van der Waals surface area contributed by atoms with Gasteiger partial charge >= 0.3 is 0 Å². The molecular weight excluding hydrogens is 269 g/mol. The van der Waals surface area contributed by atoms with E-state index in [-0.39, 0.29) is 11.3 Å². The van der Waals surface area contributed by atoms with E-state index in [1.54, 1.807) is 24.5 Å². The minimum Gasteiger partial charge on any atom is -0.398 e. The van der Waals surface area contributed by atoms with Gasteiger partial charge in [0.1, 0.15) is 5.82 Å². The van der Waals surface area contributed by atoms with Crippen LogP contribution >= 0.6 is 0 Å². The van der Waals surface area contributed by atoms with Gasteiger partial charge < -0.3 is 11.1 Å². The molecule has 0 aliphatic carbocycles. The lowest BCUT2D eigenvalue weighted by atomic mass is 10.1. The van der Waals surface area contributed by atoms with Crippen LogP contribution in [0.2, 0.25) is 0 Å². The number of aromatic nitrogens is 1. The van der Waals surface area contributed by atoms with E-state index in [4.69, 9.17) is 5.73 Å². The van der Waals surface area contributed by atoms with Crippen molar-refractivity contribution in [1.29, 1.82) is 0 Å². The van der Waals surface area contributed by atoms with Crippen LogP contribution in [0.4, 0.5) is 15.8 Å². The number of carbonyl (C=O) groups excluding carboxylic acids is 1. The molecule has 1 amide bonds. The van der Waals surface area contributed by atoms with Crippen LogP contribution in [0.25, 0.3) is 10.8 Å². The van der Waals surface area contributed by atoms with Gasteiger partial charge in [-0.3, -0.25) is 9.78 Å². The Bertz CT molecular complexity index is 827. The number of nitrogens with zero attached hydrogens (tertiary/aromatic N) is 1. The van der Waals surface area contributed by atoms with Gasteiger partial charge in [0.2, 0.25) is 0 Å². The summed E-state index contributed by atoms with van der Waals surface area (Å²) in [7, 11) is 0. The summed E-state index contributed by atoms with van der Waals surface area (Å²) in [5, 5.41) is 4.52. The van der Waals surface area contributed by atoms with Crippen LogP contribution < -0.4 is 11.1 Å². The van der Waals surface area contributed by atoms with Crippen LogP contribution in [0.5, 0.6) is 0 Å². The molecule has 0 radical (unpaired) electrons. The van der Waals surface area contributed by atoms with E-state index in [1.165, 1.54) is 12.1 Å². The zero-order valence-corrected chi connectivity index (χ0v) is 11.0. The number of nitrogen functional groups attached to an aromatic ring is 1. The maximum Gasteiger partial charge on any atom is 0.257 e. The van der Waals surface area contributed by atoms with E-state index >= 15 is 0 Å². The third kappa shape index (κ3) is 2.53. The SMILES string of the molecule is Nc1ccc(F)cc1C(=O)Nc1cccc2cnccc12. The van der Waals surface area contributed by atoms with Gasteiger partial charge in [-0.15, -0.1) is 0 Å². The highest BCUT2D eigenvalue weighted by Crippen LogP contribution is 2.23. The van der Waals surface area contributed by atoms with Gasteiger partial charge in [-0.05, 0) is 30.3 Å². The minimum atomic E-state index is -0.503. The molecule has 0 bridgehead atoms. The zero-order valence-electron chi connectivity index (χ0n) is 11.0. The molecule has 0 aliphatic heterocycles. The second-order valence-electron chi connectivity index (χ2n) is 4.59. The number of hydrogen-bond acceptors (Lipinski definition) is 3. The van der Waals surface area contributed by atoms with Gasteiger partial charge in [0.05, 0.1) is 5.56 Å². The third-order valence-corrected chi connectivity index (χ3v) is 3.19. The molecule has 1 heterocycles. The van der Waals surface area contributed by atoms with E-state index in [0.29, 0.717) is 5.69 Å². The van der Waals surface area contributed by atoms with E-state index in [9.17, 15) is 9.18 Å². The Morgan fingerprint density at radius 2 is 2.05 bits per heavy atom. The molecule has 0 saturated carbocycles. The quantitative estimate of drug-likeness (QED) is 0.709. The van der Waals surface area contributed by atoms with Crippen molar-refractivity contribution < 1.29 is 9.18 Å². The first-order chi connectivity index (χ1) is 10.1. The number of amides is 1. The highest BCUT2D eigenvalue weighted by atomic mass is 19.1. The highest BCUT2D eigenvalue weighted by molar-refractivity contribution is 6.11. The van der Waals surface area contributed by atoms with Crippen molar-refractivity contribution in [1.82, 2.24) is 4.98 Å². The van der Waals surface area contributed by atoms with Gasteiger partial charge in [0, 0.05) is 34.5 Å². The number of benzene rings is 2. The number of anilines is 2. The summed E-state index contributed by atoms with van der Waals surface area (Å²) in [6, 6.07) is 11.0. The number of carbonyl (C=O) groups is 1. The third-order valence-electron chi connectivity index (χ3n) is 3.19. The summed E-state index contributed by atoms with van der Waals surface area (Å²) >= 11 is 0. The molecule has 5 heteroatoms. The first-order valence-corrected chi connectivity index (χ1v) is 6.34. The summed E-state index contributed by atoms with van der Waals surface area (Å²) in [6.07, 6.45) is 3.36. The number of pyridine rings is 1. The average Bonchev–Trinajstić information content (AvgIpc) is 2.50. The fraction of sp³-hybridized carbons (Fsp3) is 0. The number of hydrogen-bond donors (Lipinski definition) is 2. The Hall–Kier alpha value is -2.95. The van der Waals surface area contributed by atoms with Crippen LogP contribution in [0.15, 0.2) is 54.9 Å². The molecule has 2 aromatic carbocycles. The lowest BCUT2D eigenvalue weighted by molar-refractivity contribution is 0.102. The molecule has 0 fully saturated rings. The molecule has 0 aliphatic rings. The number of fused-ring (bicyclic) bond motifs is 1. The van der Waals surface area contributed by atoms with Gasteiger partial charge in [-0.2, -0.15) is 0 Å². The smallest absolute Gasteiger partial charge is 0.257 e. The van der Waals surface area contributed by atoms with E-state index < -0.39 is 11.7 Å². The number of rotatable bonds is 2.